The van der Waals surface area contributed by atoms with E-state index in [0.717, 1.165) is 44.3 Å². The SMILES string of the molecule is C=CC(=O)N[C@H]1CCCC[C@H]1NC(=O)C1=C2NC(=O)N(c3ccc(Oc4ccccn4)cc3)C3CCNC(S1)C23. The van der Waals surface area contributed by atoms with Crippen LogP contribution in [-0.4, -0.2) is 52.9 Å². The Morgan fingerprint density at radius 2 is 1.85 bits per heavy atom. The molecule has 1 aromatic heterocycles. The number of nitrogens with one attached hydrogen (secondary N) is 4. The van der Waals surface area contributed by atoms with Crippen molar-refractivity contribution in [2.75, 3.05) is 11.4 Å². The fourth-order valence-corrected chi connectivity index (χ4v) is 7.48. The van der Waals surface area contributed by atoms with Gasteiger partial charge < -0.3 is 26.0 Å². The number of rotatable bonds is 7. The van der Waals surface area contributed by atoms with Crippen molar-refractivity contribution in [3.05, 3.63) is 71.9 Å². The third-order valence-corrected chi connectivity index (χ3v) is 9.27. The van der Waals surface area contributed by atoms with Crippen LogP contribution in [-0.2, 0) is 9.59 Å². The lowest BCUT2D eigenvalue weighted by Crippen LogP contribution is -2.62. The summed E-state index contributed by atoms with van der Waals surface area (Å²) >= 11 is 1.47. The lowest BCUT2D eigenvalue weighted by atomic mass is 9.86. The third-order valence-electron chi connectivity index (χ3n) is 7.92. The van der Waals surface area contributed by atoms with Gasteiger partial charge in [-0.05, 0) is 62.2 Å². The molecule has 40 heavy (non-hydrogen) atoms. The fraction of sp³-hybridized carbons (Fsp3) is 0.379. The van der Waals surface area contributed by atoms with Crippen LogP contribution < -0.4 is 30.9 Å². The van der Waals surface area contributed by atoms with E-state index >= 15 is 0 Å². The molecule has 4 amide bonds. The molecule has 1 aromatic carbocycles. The highest BCUT2D eigenvalue weighted by molar-refractivity contribution is 8.04. The molecule has 0 spiro atoms. The molecular formula is C29H32N6O4S. The molecule has 1 aliphatic carbocycles. The highest BCUT2D eigenvalue weighted by Gasteiger charge is 2.52. The number of carbonyl (C=O) groups is 3. The van der Waals surface area contributed by atoms with Crippen LogP contribution in [0.15, 0.2) is 71.9 Å². The number of thioether (sulfide) groups is 1. The van der Waals surface area contributed by atoms with E-state index < -0.39 is 0 Å². The highest BCUT2D eigenvalue weighted by atomic mass is 32.2. The largest absolute Gasteiger partial charge is 0.439 e. The summed E-state index contributed by atoms with van der Waals surface area (Å²) in [5.41, 5.74) is 1.45. The Kier molecular flexibility index (Phi) is 7.48. The monoisotopic (exact) mass is 560 g/mol. The molecule has 0 radical (unpaired) electrons. The van der Waals surface area contributed by atoms with Gasteiger partial charge in [-0.2, -0.15) is 0 Å². The van der Waals surface area contributed by atoms with E-state index in [4.69, 9.17) is 4.74 Å². The number of nitrogens with zero attached hydrogens (tertiary/aromatic N) is 2. The van der Waals surface area contributed by atoms with Gasteiger partial charge in [0.05, 0.1) is 16.3 Å². The van der Waals surface area contributed by atoms with Crippen LogP contribution >= 0.6 is 11.8 Å². The number of aromatic nitrogens is 1. The predicted molar refractivity (Wildman–Crippen MR) is 153 cm³/mol. The van der Waals surface area contributed by atoms with Crippen LogP contribution in [0.4, 0.5) is 10.5 Å². The van der Waals surface area contributed by atoms with Gasteiger partial charge in [0, 0.05) is 41.6 Å². The van der Waals surface area contributed by atoms with Gasteiger partial charge in [-0.1, -0.05) is 37.2 Å². The van der Waals surface area contributed by atoms with E-state index in [1.807, 2.05) is 36.4 Å². The van der Waals surface area contributed by atoms with Crippen LogP contribution in [0.3, 0.4) is 0 Å². The van der Waals surface area contributed by atoms with Gasteiger partial charge in [-0.3, -0.25) is 14.5 Å². The van der Waals surface area contributed by atoms with E-state index in [1.54, 1.807) is 17.2 Å². The molecular weight excluding hydrogens is 528 g/mol. The predicted octanol–water partition coefficient (Wildman–Crippen LogP) is 3.40. The maximum absolute atomic E-state index is 13.6. The smallest absolute Gasteiger partial charge is 0.326 e. The molecule has 4 aliphatic rings. The van der Waals surface area contributed by atoms with Crippen molar-refractivity contribution in [3.8, 4) is 11.6 Å². The van der Waals surface area contributed by atoms with Crippen molar-refractivity contribution in [2.24, 2.45) is 5.92 Å². The Balaban J connectivity index is 1.20. The van der Waals surface area contributed by atoms with Crippen LogP contribution in [0.2, 0.25) is 0 Å². The van der Waals surface area contributed by atoms with Crippen molar-refractivity contribution in [1.82, 2.24) is 26.3 Å². The molecule has 11 heteroatoms. The average Bonchev–Trinajstić information content (AvgIpc) is 3.35. The number of urea groups is 1. The summed E-state index contributed by atoms with van der Waals surface area (Å²) in [4.78, 5) is 45.5. The van der Waals surface area contributed by atoms with Crippen molar-refractivity contribution >= 4 is 35.3 Å². The summed E-state index contributed by atoms with van der Waals surface area (Å²) in [7, 11) is 0. The number of amides is 4. The second-order valence-electron chi connectivity index (χ2n) is 10.4. The van der Waals surface area contributed by atoms with Gasteiger partial charge in [0.2, 0.25) is 11.8 Å². The number of benzene rings is 1. The Hall–Kier alpha value is -3.83. The lowest BCUT2D eigenvalue weighted by molar-refractivity contribution is -0.120. The molecule has 208 valence electrons. The first-order valence-electron chi connectivity index (χ1n) is 13.7. The third kappa shape index (κ3) is 5.18. The van der Waals surface area contributed by atoms with Gasteiger partial charge in [-0.15, -0.1) is 0 Å². The standard InChI is InChI=1S/C29H32N6O4S/c1-2-22(36)32-19-7-3-4-8-20(19)33-27(37)26-25-24-21(14-16-31-28(24)40-26)35(29(38)34-25)17-10-12-18(13-11-17)39-23-9-5-6-15-30-23/h2,5-6,9-13,15,19-21,24,28,31H,1,3-4,7-8,14,16H2,(H,32,36)(H,33,37)(H,34,38)/t19-,20+,21?,24?,28?/m0/s1. The maximum atomic E-state index is 13.6. The second kappa shape index (κ2) is 11.3. The maximum Gasteiger partial charge on any atom is 0.326 e. The summed E-state index contributed by atoms with van der Waals surface area (Å²) in [5.74, 6) is 0.633. The Labute approximate surface area is 237 Å². The van der Waals surface area contributed by atoms with E-state index in [-0.39, 0.29) is 47.3 Å². The molecule has 2 saturated heterocycles. The van der Waals surface area contributed by atoms with Crippen molar-refractivity contribution in [3.63, 3.8) is 0 Å². The van der Waals surface area contributed by atoms with E-state index in [2.05, 4.69) is 32.8 Å². The van der Waals surface area contributed by atoms with Gasteiger partial charge in [0.25, 0.3) is 5.91 Å². The Bertz CT molecular complexity index is 1330. The molecule has 4 N–H and O–H groups in total. The van der Waals surface area contributed by atoms with Gasteiger partial charge in [0.15, 0.2) is 0 Å². The first-order chi connectivity index (χ1) is 19.5. The molecule has 3 unspecified atom stereocenters. The number of hydrogen-bond acceptors (Lipinski definition) is 7. The molecule has 1 saturated carbocycles. The zero-order valence-corrected chi connectivity index (χ0v) is 22.8. The van der Waals surface area contributed by atoms with Crippen LogP contribution in [0.25, 0.3) is 0 Å². The van der Waals surface area contributed by atoms with Crippen LogP contribution in [0.1, 0.15) is 32.1 Å². The number of piperidine rings is 1. The summed E-state index contributed by atoms with van der Waals surface area (Å²) in [6.45, 7) is 4.28. The minimum Gasteiger partial charge on any atom is -0.439 e. The fourth-order valence-electron chi connectivity index (χ4n) is 6.08. The van der Waals surface area contributed by atoms with Crippen molar-refractivity contribution < 1.29 is 19.1 Å². The molecule has 0 bridgehead atoms. The minimum atomic E-state index is -0.253. The van der Waals surface area contributed by atoms with E-state index in [1.165, 1.54) is 17.8 Å². The second-order valence-corrected chi connectivity index (χ2v) is 11.5. The zero-order chi connectivity index (χ0) is 27.6. The molecule has 3 aliphatic heterocycles. The average molecular weight is 561 g/mol. The summed E-state index contributed by atoms with van der Waals surface area (Å²) < 4.78 is 5.81. The van der Waals surface area contributed by atoms with Gasteiger partial charge in [-0.25, -0.2) is 9.78 Å². The summed E-state index contributed by atoms with van der Waals surface area (Å²) in [6, 6.07) is 12.2. The molecule has 2 aromatic rings. The summed E-state index contributed by atoms with van der Waals surface area (Å²) in [6.07, 6.45) is 7.25. The molecule has 4 heterocycles. The first-order valence-corrected chi connectivity index (χ1v) is 14.6. The van der Waals surface area contributed by atoms with Gasteiger partial charge in [0.1, 0.15) is 5.75 Å². The lowest BCUT2D eigenvalue weighted by Gasteiger charge is -2.45. The molecule has 6 rings (SSSR count). The minimum absolute atomic E-state index is 0.0213. The number of anilines is 1. The quantitative estimate of drug-likeness (QED) is 0.383. The molecule has 3 fully saturated rings. The van der Waals surface area contributed by atoms with Crippen LogP contribution in [0.5, 0.6) is 11.6 Å². The number of pyridine rings is 1. The number of hydrogen-bond donors (Lipinski definition) is 4. The molecule has 10 nitrogen and oxygen atoms in total. The molecule has 5 atom stereocenters. The highest BCUT2D eigenvalue weighted by Crippen LogP contribution is 2.48. The van der Waals surface area contributed by atoms with Gasteiger partial charge >= 0.3 is 6.03 Å². The topological polar surface area (TPSA) is 125 Å². The Morgan fingerprint density at radius 1 is 1.07 bits per heavy atom. The van der Waals surface area contributed by atoms with Crippen molar-refractivity contribution in [2.45, 2.75) is 55.6 Å². The van der Waals surface area contributed by atoms with Crippen molar-refractivity contribution in [1.29, 1.82) is 0 Å². The normalized spacial score (nSPS) is 27.4. The zero-order valence-electron chi connectivity index (χ0n) is 22.0. The Morgan fingerprint density at radius 3 is 2.58 bits per heavy atom. The first kappa shape index (κ1) is 26.4. The number of carbonyl (C=O) groups excluding carboxylic acids is 3. The van der Waals surface area contributed by atoms with E-state index in [0.29, 0.717) is 22.2 Å². The van der Waals surface area contributed by atoms with Crippen LogP contribution in [0, 0.1) is 5.92 Å². The van der Waals surface area contributed by atoms with E-state index in [9.17, 15) is 14.4 Å². The number of ether oxygens (including phenoxy) is 1. The summed E-state index contributed by atoms with van der Waals surface area (Å²) in [5, 5.41) is 12.7.